The summed E-state index contributed by atoms with van der Waals surface area (Å²) in [7, 11) is 0. The number of primary amides is 1. The zero-order valence-electron chi connectivity index (χ0n) is 20.4. The molecule has 1 saturated heterocycles. The summed E-state index contributed by atoms with van der Waals surface area (Å²) < 4.78 is 0. The Balaban J connectivity index is 1.95. The first kappa shape index (κ1) is 26.2. The van der Waals surface area contributed by atoms with Crippen LogP contribution in [0.3, 0.4) is 0 Å². The van der Waals surface area contributed by atoms with Gasteiger partial charge >= 0.3 is 0 Å². The van der Waals surface area contributed by atoms with Gasteiger partial charge in [-0.05, 0) is 48.6 Å². The molecule has 8 heteroatoms. The molecule has 8 nitrogen and oxygen atoms in total. The lowest BCUT2D eigenvalue weighted by Gasteiger charge is -2.36. The van der Waals surface area contributed by atoms with E-state index < -0.39 is 18.0 Å². The van der Waals surface area contributed by atoms with E-state index in [1.165, 1.54) is 4.90 Å². The Morgan fingerprint density at radius 3 is 2.37 bits per heavy atom. The van der Waals surface area contributed by atoms with E-state index in [4.69, 9.17) is 5.73 Å². The first-order valence-corrected chi connectivity index (χ1v) is 12.3. The fraction of sp³-hybridized carbons (Fsp3) is 0.444. The molecule has 35 heavy (non-hydrogen) atoms. The van der Waals surface area contributed by atoms with Crippen molar-refractivity contribution in [2.75, 3.05) is 6.54 Å². The summed E-state index contributed by atoms with van der Waals surface area (Å²) in [4.78, 5) is 41.2. The highest BCUT2D eigenvalue weighted by atomic mass is 16.3. The Morgan fingerprint density at radius 1 is 1.11 bits per heavy atom. The van der Waals surface area contributed by atoms with E-state index in [1.807, 2.05) is 44.2 Å². The van der Waals surface area contributed by atoms with Crippen molar-refractivity contribution < 1.29 is 19.5 Å². The number of amides is 3. The number of nitrogens with zero attached hydrogens (tertiary/aromatic N) is 1. The Kier molecular flexibility index (Phi) is 9.25. The molecule has 4 atom stereocenters. The molecule has 1 heterocycles. The van der Waals surface area contributed by atoms with Crippen LogP contribution in [0.15, 0.2) is 54.6 Å². The highest BCUT2D eigenvalue weighted by molar-refractivity contribution is 5.93. The zero-order chi connectivity index (χ0) is 25.4. The maximum atomic E-state index is 14.1. The molecule has 3 rings (SSSR count). The highest BCUT2D eigenvalue weighted by Gasteiger charge is 2.37. The zero-order valence-corrected chi connectivity index (χ0v) is 20.4. The molecule has 2 aromatic carbocycles. The Hall–Kier alpha value is -3.39. The number of carbonyl (C=O) groups excluding carboxylic acids is 3. The maximum Gasteiger partial charge on any atom is 0.246 e. The number of rotatable bonds is 11. The highest BCUT2D eigenvalue weighted by Crippen LogP contribution is 2.21. The minimum absolute atomic E-state index is 0.118. The molecule has 0 spiro atoms. The average molecular weight is 481 g/mol. The minimum Gasteiger partial charge on any atom is -0.508 e. The Bertz CT molecular complexity index is 990. The van der Waals surface area contributed by atoms with Crippen molar-refractivity contribution in [2.24, 2.45) is 11.7 Å². The van der Waals surface area contributed by atoms with Gasteiger partial charge in [-0.3, -0.25) is 14.4 Å². The second-order valence-corrected chi connectivity index (χ2v) is 9.27. The van der Waals surface area contributed by atoms with Crippen molar-refractivity contribution in [3.05, 3.63) is 65.7 Å². The van der Waals surface area contributed by atoms with Crippen molar-refractivity contribution in [1.82, 2.24) is 15.5 Å². The molecule has 188 valence electrons. The van der Waals surface area contributed by atoms with Gasteiger partial charge in [-0.25, -0.2) is 0 Å². The monoisotopic (exact) mass is 480 g/mol. The van der Waals surface area contributed by atoms with Crippen LogP contribution in [0, 0.1) is 5.92 Å². The van der Waals surface area contributed by atoms with Gasteiger partial charge in [0.15, 0.2) is 0 Å². The van der Waals surface area contributed by atoms with Crippen molar-refractivity contribution in [3.8, 4) is 5.75 Å². The van der Waals surface area contributed by atoms with Crippen molar-refractivity contribution in [1.29, 1.82) is 0 Å². The lowest BCUT2D eigenvalue weighted by molar-refractivity contribution is -0.145. The number of hydrogen-bond donors (Lipinski definition) is 4. The van der Waals surface area contributed by atoms with Crippen LogP contribution in [-0.4, -0.2) is 52.4 Å². The van der Waals surface area contributed by atoms with Gasteiger partial charge in [0.1, 0.15) is 17.8 Å². The Morgan fingerprint density at radius 2 is 1.80 bits per heavy atom. The molecule has 3 unspecified atom stereocenters. The molecular weight excluding hydrogens is 444 g/mol. The van der Waals surface area contributed by atoms with Crippen LogP contribution in [0.2, 0.25) is 0 Å². The minimum atomic E-state index is -0.899. The van der Waals surface area contributed by atoms with Crippen LogP contribution < -0.4 is 16.4 Å². The summed E-state index contributed by atoms with van der Waals surface area (Å²) in [6, 6.07) is 13.9. The lowest BCUT2D eigenvalue weighted by Crippen LogP contribution is -2.58. The first-order valence-electron chi connectivity index (χ1n) is 12.3. The van der Waals surface area contributed by atoms with E-state index in [0.717, 1.165) is 24.1 Å². The number of benzene rings is 2. The summed E-state index contributed by atoms with van der Waals surface area (Å²) in [5.41, 5.74) is 7.46. The molecule has 0 aliphatic carbocycles. The molecule has 1 aliphatic rings. The maximum absolute atomic E-state index is 14.1. The van der Waals surface area contributed by atoms with Crippen LogP contribution >= 0.6 is 0 Å². The normalized spacial score (nSPS) is 17.8. The molecule has 1 fully saturated rings. The molecule has 0 aromatic heterocycles. The van der Waals surface area contributed by atoms with Gasteiger partial charge in [0.05, 0.1) is 6.04 Å². The molecule has 2 aromatic rings. The number of carbonyl (C=O) groups is 3. The topological polar surface area (TPSA) is 125 Å². The predicted molar refractivity (Wildman–Crippen MR) is 134 cm³/mol. The first-order chi connectivity index (χ1) is 16.8. The second kappa shape index (κ2) is 12.4. The van der Waals surface area contributed by atoms with E-state index in [2.05, 4.69) is 10.6 Å². The van der Waals surface area contributed by atoms with Gasteiger partial charge in [-0.2, -0.15) is 0 Å². The Labute approximate surface area is 206 Å². The number of hydrogen-bond acceptors (Lipinski definition) is 5. The number of nitrogens with one attached hydrogen (secondary N) is 2. The molecule has 5 N–H and O–H groups in total. The molecule has 0 bridgehead atoms. The number of phenols is 1. The van der Waals surface area contributed by atoms with E-state index in [-0.39, 0.29) is 42.5 Å². The van der Waals surface area contributed by atoms with Crippen LogP contribution in [0.1, 0.15) is 44.2 Å². The summed E-state index contributed by atoms with van der Waals surface area (Å²) in [6.45, 7) is 4.80. The number of phenolic OH excluding ortho intramolecular Hbond substituents is 1. The standard InChI is InChI=1S/C27H36N4O4/c1-3-18(2)24(25(28)33)31(17-20-8-5-4-6-9-20)27(35)23(16-19-11-13-21(32)14-12-19)30-26(34)22-10-7-15-29-22/h4-6,8-9,11-14,18,22-24,29,32H,3,7,10,15-17H2,1-2H3,(H2,28,33)(H,30,34)/t18?,22-,23?,24?/m0/s1. The van der Waals surface area contributed by atoms with E-state index in [1.54, 1.807) is 24.3 Å². The molecule has 0 radical (unpaired) electrons. The third-order valence-electron chi connectivity index (χ3n) is 6.66. The van der Waals surface area contributed by atoms with Crippen molar-refractivity contribution in [3.63, 3.8) is 0 Å². The fourth-order valence-corrected chi connectivity index (χ4v) is 4.51. The largest absolute Gasteiger partial charge is 0.508 e. The van der Waals surface area contributed by atoms with Gasteiger partial charge < -0.3 is 26.4 Å². The smallest absolute Gasteiger partial charge is 0.246 e. The SMILES string of the molecule is CCC(C)C(C(N)=O)N(Cc1ccccc1)C(=O)C(Cc1ccc(O)cc1)NC(=O)[C@@H]1CCCN1. The number of aromatic hydroxyl groups is 1. The summed E-state index contributed by atoms with van der Waals surface area (Å²) >= 11 is 0. The van der Waals surface area contributed by atoms with E-state index in [9.17, 15) is 19.5 Å². The van der Waals surface area contributed by atoms with Gasteiger partial charge in [0.25, 0.3) is 0 Å². The summed E-state index contributed by atoms with van der Waals surface area (Å²) in [5, 5.41) is 15.8. The fourth-order valence-electron chi connectivity index (χ4n) is 4.51. The van der Waals surface area contributed by atoms with Crippen molar-refractivity contribution >= 4 is 17.7 Å². The third-order valence-corrected chi connectivity index (χ3v) is 6.66. The quantitative estimate of drug-likeness (QED) is 0.392. The number of nitrogens with two attached hydrogens (primary N) is 1. The van der Waals surface area contributed by atoms with Crippen LogP contribution in [0.5, 0.6) is 5.75 Å². The molecule has 1 aliphatic heterocycles. The molecule has 0 saturated carbocycles. The van der Waals surface area contributed by atoms with Crippen LogP contribution in [0.25, 0.3) is 0 Å². The van der Waals surface area contributed by atoms with Gasteiger partial charge in [-0.1, -0.05) is 62.7 Å². The molecular formula is C27H36N4O4. The average Bonchev–Trinajstić information content (AvgIpc) is 3.39. The van der Waals surface area contributed by atoms with Gasteiger partial charge in [0.2, 0.25) is 17.7 Å². The van der Waals surface area contributed by atoms with E-state index >= 15 is 0 Å². The van der Waals surface area contributed by atoms with Crippen LogP contribution in [0.4, 0.5) is 0 Å². The molecule has 3 amide bonds. The summed E-state index contributed by atoms with van der Waals surface area (Å²) in [6.07, 6.45) is 2.48. The summed E-state index contributed by atoms with van der Waals surface area (Å²) in [5.74, 6) is -1.22. The van der Waals surface area contributed by atoms with E-state index in [0.29, 0.717) is 12.8 Å². The third kappa shape index (κ3) is 7.05. The van der Waals surface area contributed by atoms with Crippen LogP contribution in [-0.2, 0) is 27.3 Å². The van der Waals surface area contributed by atoms with Gasteiger partial charge in [0, 0.05) is 13.0 Å². The second-order valence-electron chi connectivity index (χ2n) is 9.27. The predicted octanol–water partition coefficient (Wildman–Crippen LogP) is 2.10. The van der Waals surface area contributed by atoms with Gasteiger partial charge in [-0.15, -0.1) is 0 Å². The lowest BCUT2D eigenvalue weighted by atomic mass is 9.94. The van der Waals surface area contributed by atoms with Crippen molar-refractivity contribution in [2.45, 2.75) is 64.2 Å².